The molecule has 3 aromatic rings. The number of hydrogen-bond acceptors (Lipinski definition) is 4. The van der Waals surface area contributed by atoms with Crippen LogP contribution in [0.1, 0.15) is 49.4 Å². The normalized spacial score (nSPS) is 12.2. The van der Waals surface area contributed by atoms with Gasteiger partial charge < -0.3 is 10.2 Å². The van der Waals surface area contributed by atoms with E-state index >= 15 is 0 Å². The summed E-state index contributed by atoms with van der Waals surface area (Å²) in [5, 5.41) is 2.91. The standard InChI is InChI=1S/C31H39N3O4S/c1-7-28(31(36)32-22(2)3)33(20-26-11-9-8-10-12-26)30(35)21-34(29-18-15-24(5)19-25(29)6)39(37,38)27-16-13-23(4)14-17-27/h8-19,22,28H,7,20-21H2,1-6H3,(H,32,36)/t28-/m0/s1. The molecular weight excluding hydrogens is 510 g/mol. The van der Waals surface area contributed by atoms with Gasteiger partial charge in [-0.25, -0.2) is 8.42 Å². The summed E-state index contributed by atoms with van der Waals surface area (Å²) in [6.07, 6.45) is 0.380. The molecule has 3 rings (SSSR count). The molecule has 0 spiro atoms. The third-order valence-corrected chi connectivity index (χ3v) is 8.30. The molecule has 1 N–H and O–H groups in total. The Labute approximate surface area is 232 Å². The van der Waals surface area contributed by atoms with Crippen LogP contribution in [0.25, 0.3) is 0 Å². The number of sulfonamides is 1. The highest BCUT2D eigenvalue weighted by Gasteiger charge is 2.34. The fourth-order valence-electron chi connectivity index (χ4n) is 4.52. The van der Waals surface area contributed by atoms with Gasteiger partial charge in [-0.1, -0.05) is 72.6 Å². The number of benzene rings is 3. The number of carbonyl (C=O) groups is 2. The van der Waals surface area contributed by atoms with Crippen LogP contribution >= 0.6 is 0 Å². The van der Waals surface area contributed by atoms with E-state index in [-0.39, 0.29) is 23.4 Å². The zero-order valence-electron chi connectivity index (χ0n) is 23.6. The van der Waals surface area contributed by atoms with Crippen LogP contribution in [-0.4, -0.2) is 43.8 Å². The Hall–Kier alpha value is -3.65. The van der Waals surface area contributed by atoms with Crippen LogP contribution in [0.4, 0.5) is 5.69 Å². The van der Waals surface area contributed by atoms with Crippen molar-refractivity contribution in [3.8, 4) is 0 Å². The molecule has 0 fully saturated rings. The molecule has 0 saturated heterocycles. The fourth-order valence-corrected chi connectivity index (χ4v) is 6.00. The van der Waals surface area contributed by atoms with E-state index < -0.39 is 28.5 Å². The minimum atomic E-state index is -4.09. The van der Waals surface area contributed by atoms with Crippen molar-refractivity contribution in [3.05, 3.63) is 95.1 Å². The molecule has 7 nitrogen and oxygen atoms in total. The van der Waals surface area contributed by atoms with Gasteiger partial charge in [-0.05, 0) is 70.4 Å². The molecule has 1 atom stereocenters. The summed E-state index contributed by atoms with van der Waals surface area (Å²) >= 11 is 0. The molecule has 0 aliphatic heterocycles. The van der Waals surface area contributed by atoms with Gasteiger partial charge in [0.25, 0.3) is 10.0 Å². The van der Waals surface area contributed by atoms with Gasteiger partial charge in [0, 0.05) is 12.6 Å². The van der Waals surface area contributed by atoms with E-state index in [0.717, 1.165) is 22.3 Å². The van der Waals surface area contributed by atoms with Crippen LogP contribution in [0.15, 0.2) is 77.7 Å². The van der Waals surface area contributed by atoms with Crippen LogP contribution in [-0.2, 0) is 26.2 Å². The van der Waals surface area contributed by atoms with Gasteiger partial charge in [0.2, 0.25) is 11.8 Å². The molecule has 8 heteroatoms. The van der Waals surface area contributed by atoms with Crippen molar-refractivity contribution in [1.82, 2.24) is 10.2 Å². The first kappa shape index (κ1) is 29.9. The Balaban J connectivity index is 2.08. The maximum atomic E-state index is 14.1. The molecule has 0 aliphatic rings. The van der Waals surface area contributed by atoms with Gasteiger partial charge >= 0.3 is 0 Å². The van der Waals surface area contributed by atoms with Crippen LogP contribution in [0, 0.1) is 20.8 Å². The monoisotopic (exact) mass is 549 g/mol. The van der Waals surface area contributed by atoms with Crippen LogP contribution < -0.4 is 9.62 Å². The van der Waals surface area contributed by atoms with Crippen molar-refractivity contribution in [2.24, 2.45) is 0 Å². The summed E-state index contributed by atoms with van der Waals surface area (Å²) in [5.41, 5.74) is 3.92. The molecule has 0 bridgehead atoms. The highest BCUT2D eigenvalue weighted by Crippen LogP contribution is 2.28. The lowest BCUT2D eigenvalue weighted by atomic mass is 10.1. The molecule has 2 amide bonds. The molecule has 208 valence electrons. The van der Waals surface area contributed by atoms with Gasteiger partial charge in [-0.3, -0.25) is 13.9 Å². The van der Waals surface area contributed by atoms with E-state index in [9.17, 15) is 18.0 Å². The molecule has 39 heavy (non-hydrogen) atoms. The van der Waals surface area contributed by atoms with Crippen LogP contribution in [0.2, 0.25) is 0 Å². The van der Waals surface area contributed by atoms with Crippen molar-refractivity contribution in [2.75, 3.05) is 10.8 Å². The highest BCUT2D eigenvalue weighted by atomic mass is 32.2. The second-order valence-corrected chi connectivity index (χ2v) is 12.1. The summed E-state index contributed by atoms with van der Waals surface area (Å²) in [6, 6.07) is 20.6. The summed E-state index contributed by atoms with van der Waals surface area (Å²) < 4.78 is 29.2. The number of anilines is 1. The molecule has 0 heterocycles. The summed E-state index contributed by atoms with van der Waals surface area (Å²) in [6.45, 7) is 11.0. The predicted molar refractivity (Wildman–Crippen MR) is 156 cm³/mol. The lowest BCUT2D eigenvalue weighted by Crippen LogP contribution is -2.53. The van der Waals surface area contributed by atoms with E-state index in [4.69, 9.17) is 0 Å². The largest absolute Gasteiger partial charge is 0.352 e. The van der Waals surface area contributed by atoms with E-state index in [2.05, 4.69) is 5.32 Å². The van der Waals surface area contributed by atoms with E-state index in [1.165, 1.54) is 9.21 Å². The number of aryl methyl sites for hydroxylation is 3. The molecular formula is C31H39N3O4S. The third-order valence-electron chi connectivity index (χ3n) is 6.52. The second-order valence-electron chi connectivity index (χ2n) is 10.2. The quantitative estimate of drug-likeness (QED) is 0.359. The Morgan fingerprint density at radius 1 is 0.872 bits per heavy atom. The number of hydrogen-bond donors (Lipinski definition) is 1. The Morgan fingerprint density at radius 2 is 1.49 bits per heavy atom. The molecule has 0 saturated carbocycles. The van der Waals surface area contributed by atoms with Gasteiger partial charge in [0.1, 0.15) is 12.6 Å². The Bertz CT molecular complexity index is 1390. The van der Waals surface area contributed by atoms with Gasteiger partial charge in [-0.15, -0.1) is 0 Å². The predicted octanol–water partition coefficient (Wildman–Crippen LogP) is 5.14. The first-order chi connectivity index (χ1) is 18.4. The van der Waals surface area contributed by atoms with E-state index in [1.807, 2.05) is 84.0 Å². The lowest BCUT2D eigenvalue weighted by molar-refractivity contribution is -0.140. The molecule has 0 unspecified atom stereocenters. The average molecular weight is 550 g/mol. The van der Waals surface area contributed by atoms with Crippen LogP contribution in [0.3, 0.4) is 0 Å². The van der Waals surface area contributed by atoms with Crippen molar-refractivity contribution in [3.63, 3.8) is 0 Å². The first-order valence-electron chi connectivity index (χ1n) is 13.2. The maximum Gasteiger partial charge on any atom is 0.264 e. The highest BCUT2D eigenvalue weighted by molar-refractivity contribution is 7.92. The number of amides is 2. The summed E-state index contributed by atoms with van der Waals surface area (Å²) in [7, 11) is -4.09. The zero-order chi connectivity index (χ0) is 28.7. The molecule has 0 radical (unpaired) electrons. The SMILES string of the molecule is CC[C@@H](C(=O)NC(C)C)N(Cc1ccccc1)C(=O)CN(c1ccc(C)cc1C)S(=O)(=O)c1ccc(C)cc1. The van der Waals surface area contributed by atoms with Gasteiger partial charge in [0.15, 0.2) is 0 Å². The summed E-state index contributed by atoms with van der Waals surface area (Å²) in [5.74, 6) is -0.725. The minimum Gasteiger partial charge on any atom is -0.352 e. The van der Waals surface area contributed by atoms with Crippen LogP contribution in [0.5, 0.6) is 0 Å². The molecule has 3 aromatic carbocycles. The second kappa shape index (κ2) is 12.9. The van der Waals surface area contributed by atoms with E-state index in [1.54, 1.807) is 30.3 Å². The molecule has 0 aliphatic carbocycles. The number of carbonyl (C=O) groups excluding carboxylic acids is 2. The lowest BCUT2D eigenvalue weighted by Gasteiger charge is -2.34. The Kier molecular flexibility index (Phi) is 9.92. The van der Waals surface area contributed by atoms with Gasteiger partial charge in [-0.2, -0.15) is 0 Å². The molecule has 0 aromatic heterocycles. The van der Waals surface area contributed by atoms with Crippen molar-refractivity contribution >= 4 is 27.5 Å². The zero-order valence-corrected chi connectivity index (χ0v) is 24.5. The minimum absolute atomic E-state index is 0.0973. The topological polar surface area (TPSA) is 86.8 Å². The van der Waals surface area contributed by atoms with Crippen molar-refractivity contribution in [1.29, 1.82) is 0 Å². The third kappa shape index (κ3) is 7.47. The number of rotatable bonds is 11. The van der Waals surface area contributed by atoms with Crippen molar-refractivity contribution < 1.29 is 18.0 Å². The fraction of sp³-hybridized carbons (Fsp3) is 0.355. The summed E-state index contributed by atoms with van der Waals surface area (Å²) in [4.78, 5) is 28.8. The van der Waals surface area contributed by atoms with E-state index in [0.29, 0.717) is 12.1 Å². The average Bonchev–Trinajstić information content (AvgIpc) is 2.88. The van der Waals surface area contributed by atoms with Gasteiger partial charge in [0.05, 0.1) is 10.6 Å². The Morgan fingerprint density at radius 3 is 2.05 bits per heavy atom. The number of nitrogens with one attached hydrogen (secondary N) is 1. The van der Waals surface area contributed by atoms with Crippen molar-refractivity contribution in [2.45, 2.75) is 71.5 Å². The number of nitrogens with zero attached hydrogens (tertiary/aromatic N) is 2. The first-order valence-corrected chi connectivity index (χ1v) is 14.7. The maximum absolute atomic E-state index is 14.1. The smallest absolute Gasteiger partial charge is 0.264 e.